The third-order valence-corrected chi connectivity index (χ3v) is 8.33. The summed E-state index contributed by atoms with van der Waals surface area (Å²) in [7, 11) is 0. The molecule has 224 valence electrons. The third-order valence-electron chi connectivity index (χ3n) is 6.22. The van der Waals surface area contributed by atoms with Gasteiger partial charge in [0, 0.05) is 26.5 Å². The van der Waals surface area contributed by atoms with E-state index in [1.807, 2.05) is 0 Å². The summed E-state index contributed by atoms with van der Waals surface area (Å²) < 4.78 is 135. The summed E-state index contributed by atoms with van der Waals surface area (Å²) in [6, 6.07) is 3.31. The number of ketones is 1. The summed E-state index contributed by atoms with van der Waals surface area (Å²) in [6.45, 7) is -1.70. The van der Waals surface area contributed by atoms with E-state index in [-0.39, 0.29) is 39.0 Å². The molecule has 1 aliphatic rings. The van der Waals surface area contributed by atoms with Gasteiger partial charge in [0.25, 0.3) is 0 Å². The fraction of sp³-hybridized carbons (Fsp3) is 0.360. The van der Waals surface area contributed by atoms with Gasteiger partial charge < -0.3 is 5.32 Å². The Balaban J connectivity index is 1.96. The Hall–Kier alpha value is -2.13. The number of rotatable bonds is 8. The standard InChI is InChI=1S/C25H16Br2ClF10NO2/c26-16-6-12(7-17(27)20(16)28)14(24(33,34)35)8-18(29)11-1-2-13(15(5-11)25(36,37)38)19(40)9-22(3-4-22)21(41)39-10-23(30,31)32/h1-2,5-8,14H,3-4,9-10H2,(H,39,41)/b18-8-. The van der Waals surface area contributed by atoms with E-state index in [0.717, 1.165) is 12.1 Å². The predicted octanol–water partition coefficient (Wildman–Crippen LogP) is 9.57. The monoisotopic (exact) mass is 745 g/mol. The molecule has 1 aliphatic carbocycles. The van der Waals surface area contributed by atoms with Gasteiger partial charge in [-0.3, -0.25) is 9.59 Å². The zero-order valence-electron chi connectivity index (χ0n) is 20.1. The minimum atomic E-state index is -5.27. The van der Waals surface area contributed by atoms with Crippen molar-refractivity contribution in [3.05, 3.63) is 72.6 Å². The van der Waals surface area contributed by atoms with Gasteiger partial charge in [-0.25, -0.2) is 4.39 Å². The minimum absolute atomic E-state index is 0.0278. The first kappa shape index (κ1) is 33.4. The van der Waals surface area contributed by atoms with Crippen molar-refractivity contribution in [2.45, 2.75) is 43.7 Å². The van der Waals surface area contributed by atoms with E-state index in [4.69, 9.17) is 11.6 Å². The van der Waals surface area contributed by atoms with Crippen LogP contribution >= 0.6 is 43.5 Å². The summed E-state index contributed by atoms with van der Waals surface area (Å²) in [5.74, 6) is -6.69. The highest BCUT2D eigenvalue weighted by molar-refractivity contribution is 9.11. The third kappa shape index (κ3) is 8.25. The fourth-order valence-corrected chi connectivity index (χ4v) is 5.28. The molecule has 0 spiro atoms. The van der Waals surface area contributed by atoms with Gasteiger partial charge in [-0.2, -0.15) is 39.5 Å². The molecule has 1 N–H and O–H groups in total. The molecule has 1 unspecified atom stereocenters. The summed E-state index contributed by atoms with van der Waals surface area (Å²) in [6.07, 6.45) is -16.0. The lowest BCUT2D eigenvalue weighted by Gasteiger charge is -2.20. The maximum absolute atomic E-state index is 15.1. The van der Waals surface area contributed by atoms with Crippen LogP contribution < -0.4 is 5.32 Å². The van der Waals surface area contributed by atoms with Crippen LogP contribution in [0.3, 0.4) is 0 Å². The molecule has 1 atom stereocenters. The summed E-state index contributed by atoms with van der Waals surface area (Å²) in [5, 5.41) is 1.63. The van der Waals surface area contributed by atoms with Crippen LogP contribution in [0.4, 0.5) is 43.9 Å². The van der Waals surface area contributed by atoms with Crippen LogP contribution in [-0.4, -0.2) is 30.6 Å². The van der Waals surface area contributed by atoms with Gasteiger partial charge in [0.15, 0.2) is 5.78 Å². The van der Waals surface area contributed by atoms with Gasteiger partial charge in [-0.1, -0.05) is 23.7 Å². The maximum atomic E-state index is 15.1. The number of halogens is 13. The Morgan fingerprint density at radius 3 is 2.00 bits per heavy atom. The van der Waals surface area contributed by atoms with Crippen LogP contribution in [0.15, 0.2) is 45.4 Å². The lowest BCUT2D eigenvalue weighted by Crippen LogP contribution is -2.39. The average molecular weight is 748 g/mol. The van der Waals surface area contributed by atoms with Gasteiger partial charge >= 0.3 is 18.5 Å². The van der Waals surface area contributed by atoms with Crippen LogP contribution in [0.1, 0.15) is 52.2 Å². The van der Waals surface area contributed by atoms with Crippen LogP contribution in [0, 0.1) is 5.41 Å². The van der Waals surface area contributed by atoms with Gasteiger partial charge in [-0.15, -0.1) is 0 Å². The molecular formula is C25H16Br2ClF10NO2. The number of allylic oxidation sites excluding steroid dienone is 1. The second kappa shape index (κ2) is 11.9. The summed E-state index contributed by atoms with van der Waals surface area (Å²) in [4.78, 5) is 24.9. The van der Waals surface area contributed by atoms with Gasteiger partial charge in [-0.05, 0) is 74.5 Å². The van der Waals surface area contributed by atoms with Gasteiger partial charge in [0.1, 0.15) is 18.3 Å². The summed E-state index contributed by atoms with van der Waals surface area (Å²) >= 11 is 11.8. The summed E-state index contributed by atoms with van der Waals surface area (Å²) in [5.41, 5.74) is -5.73. The van der Waals surface area contributed by atoms with E-state index >= 15 is 4.39 Å². The van der Waals surface area contributed by atoms with Gasteiger partial charge in [0.05, 0.1) is 16.0 Å². The Morgan fingerprint density at radius 2 is 1.54 bits per heavy atom. The number of nitrogens with one attached hydrogen (secondary N) is 1. The van der Waals surface area contributed by atoms with Crippen molar-refractivity contribution in [3.8, 4) is 0 Å². The Morgan fingerprint density at radius 1 is 0.976 bits per heavy atom. The zero-order valence-corrected chi connectivity index (χ0v) is 24.0. The fourth-order valence-electron chi connectivity index (χ4n) is 3.95. The minimum Gasteiger partial charge on any atom is -0.346 e. The van der Waals surface area contributed by atoms with E-state index in [1.165, 1.54) is 0 Å². The molecule has 3 nitrogen and oxygen atoms in total. The number of amides is 1. The number of carbonyl (C=O) groups excluding carboxylic acids is 2. The Bertz CT molecular complexity index is 1360. The van der Waals surface area contributed by atoms with Crippen LogP contribution in [0.25, 0.3) is 5.83 Å². The van der Waals surface area contributed by atoms with E-state index in [1.54, 1.807) is 5.32 Å². The highest BCUT2D eigenvalue weighted by Crippen LogP contribution is 2.50. The van der Waals surface area contributed by atoms with Crippen LogP contribution in [0.5, 0.6) is 0 Å². The molecule has 2 aromatic rings. The molecule has 1 amide bonds. The quantitative estimate of drug-likeness (QED) is 0.166. The highest BCUT2D eigenvalue weighted by Gasteiger charge is 2.52. The van der Waals surface area contributed by atoms with Crippen molar-refractivity contribution < 1.29 is 53.5 Å². The molecule has 0 bridgehead atoms. The molecule has 2 aromatic carbocycles. The molecule has 3 rings (SSSR count). The number of Topliss-reactive ketones (excluding diaryl/α,β-unsaturated/α-hetero) is 1. The number of alkyl halides is 9. The molecule has 0 radical (unpaired) electrons. The number of benzene rings is 2. The molecular weight excluding hydrogens is 732 g/mol. The molecule has 0 aromatic heterocycles. The van der Waals surface area contributed by atoms with Crippen molar-refractivity contribution in [1.82, 2.24) is 5.32 Å². The highest BCUT2D eigenvalue weighted by atomic mass is 79.9. The molecule has 1 fully saturated rings. The first-order valence-corrected chi connectivity index (χ1v) is 13.3. The lowest BCUT2D eigenvalue weighted by atomic mass is 9.90. The zero-order chi connectivity index (χ0) is 31.1. The molecule has 0 saturated heterocycles. The van der Waals surface area contributed by atoms with E-state index in [0.29, 0.717) is 12.1 Å². The SMILES string of the molecule is O=C(CC1(C(=O)NCC(F)(F)F)CC1)c1ccc(/C(F)=C/C(c2cc(Br)c(Cl)c(Br)c2)C(F)(F)F)cc1C(F)(F)F. The normalized spacial score (nSPS) is 16.4. The van der Waals surface area contributed by atoms with Crippen LogP contribution in [0.2, 0.25) is 5.02 Å². The first-order valence-electron chi connectivity index (χ1n) is 11.3. The lowest BCUT2D eigenvalue weighted by molar-refractivity contribution is -0.141. The number of carbonyl (C=O) groups is 2. The molecule has 16 heteroatoms. The number of hydrogen-bond donors (Lipinski definition) is 1. The predicted molar refractivity (Wildman–Crippen MR) is 136 cm³/mol. The Kier molecular flexibility index (Phi) is 9.66. The average Bonchev–Trinajstić information content (AvgIpc) is 3.62. The smallest absolute Gasteiger partial charge is 0.346 e. The first-order chi connectivity index (χ1) is 18.6. The Labute approximate surface area is 247 Å². The van der Waals surface area contributed by atoms with Crippen LogP contribution in [-0.2, 0) is 11.0 Å². The van der Waals surface area contributed by atoms with E-state index < -0.39 is 82.6 Å². The van der Waals surface area contributed by atoms with Crippen molar-refractivity contribution in [1.29, 1.82) is 0 Å². The second-order valence-electron chi connectivity index (χ2n) is 9.27. The maximum Gasteiger partial charge on any atom is 0.417 e. The van der Waals surface area contributed by atoms with Gasteiger partial charge in [0.2, 0.25) is 5.91 Å². The van der Waals surface area contributed by atoms with Crippen molar-refractivity contribution in [3.63, 3.8) is 0 Å². The molecule has 41 heavy (non-hydrogen) atoms. The van der Waals surface area contributed by atoms with Crippen molar-refractivity contribution in [2.24, 2.45) is 5.41 Å². The molecule has 1 saturated carbocycles. The second-order valence-corrected chi connectivity index (χ2v) is 11.4. The topological polar surface area (TPSA) is 46.2 Å². The van der Waals surface area contributed by atoms with E-state index in [9.17, 15) is 49.1 Å². The molecule has 0 aliphatic heterocycles. The van der Waals surface area contributed by atoms with Crippen molar-refractivity contribution >= 4 is 61.0 Å². The largest absolute Gasteiger partial charge is 0.417 e. The van der Waals surface area contributed by atoms with E-state index in [2.05, 4.69) is 31.9 Å². The number of hydrogen-bond acceptors (Lipinski definition) is 2. The van der Waals surface area contributed by atoms with Crippen molar-refractivity contribution in [2.75, 3.05) is 6.54 Å². The molecule has 0 heterocycles.